The Kier molecular flexibility index (Phi) is 3.48. The highest BCUT2D eigenvalue weighted by molar-refractivity contribution is 7.89. The van der Waals surface area contributed by atoms with Crippen molar-refractivity contribution in [3.05, 3.63) is 0 Å². The number of aliphatic hydroxyl groups excluding tert-OH is 1. The number of nitrogens with zero attached hydrogens (tertiary/aromatic N) is 1. The molecule has 1 aliphatic heterocycles. The van der Waals surface area contributed by atoms with Crippen molar-refractivity contribution in [3.63, 3.8) is 0 Å². The first-order valence-corrected chi connectivity index (χ1v) is 6.90. The molecule has 0 radical (unpaired) electrons. The summed E-state index contributed by atoms with van der Waals surface area (Å²) in [6.45, 7) is 7.44. The standard InChI is InChI=1S/C10H21NO3S/c1-8(2)15(13,14)11-7-5-6-9(12)10(11,3)4/h8-9,12H,5-7H2,1-4H3. The number of hydrogen-bond acceptors (Lipinski definition) is 3. The summed E-state index contributed by atoms with van der Waals surface area (Å²) in [5.74, 6) is 0. The summed E-state index contributed by atoms with van der Waals surface area (Å²) in [4.78, 5) is 0. The van der Waals surface area contributed by atoms with Crippen molar-refractivity contribution >= 4 is 10.0 Å². The first-order valence-electron chi connectivity index (χ1n) is 5.40. The first-order chi connectivity index (χ1) is 6.70. The summed E-state index contributed by atoms with van der Waals surface area (Å²) in [6.07, 6.45) is 0.841. The summed E-state index contributed by atoms with van der Waals surface area (Å²) < 4.78 is 25.6. The molecule has 0 aromatic carbocycles. The molecule has 0 amide bonds. The molecule has 1 aliphatic rings. The van der Waals surface area contributed by atoms with E-state index in [1.807, 2.05) is 0 Å². The highest BCUT2D eigenvalue weighted by Crippen LogP contribution is 2.31. The average molecular weight is 235 g/mol. The van der Waals surface area contributed by atoms with Gasteiger partial charge in [-0.05, 0) is 40.5 Å². The molecular formula is C10H21NO3S. The van der Waals surface area contributed by atoms with Crippen LogP contribution in [0.5, 0.6) is 0 Å². The van der Waals surface area contributed by atoms with E-state index in [0.29, 0.717) is 13.0 Å². The van der Waals surface area contributed by atoms with Crippen LogP contribution in [0.3, 0.4) is 0 Å². The molecule has 0 bridgehead atoms. The highest BCUT2D eigenvalue weighted by Gasteiger charge is 2.44. The van der Waals surface area contributed by atoms with E-state index >= 15 is 0 Å². The smallest absolute Gasteiger partial charge is 0.217 e. The molecule has 1 rings (SSSR count). The normalized spacial score (nSPS) is 28.3. The number of piperidine rings is 1. The predicted molar refractivity (Wildman–Crippen MR) is 60.1 cm³/mol. The van der Waals surface area contributed by atoms with Crippen LogP contribution in [-0.4, -0.2) is 41.3 Å². The minimum atomic E-state index is -3.27. The zero-order chi connectivity index (χ0) is 11.9. The number of rotatable bonds is 2. The Bertz CT molecular complexity index is 322. The minimum Gasteiger partial charge on any atom is -0.391 e. The van der Waals surface area contributed by atoms with Crippen molar-refractivity contribution < 1.29 is 13.5 Å². The number of hydrogen-bond donors (Lipinski definition) is 1. The van der Waals surface area contributed by atoms with Gasteiger partial charge in [0.05, 0.1) is 16.9 Å². The van der Waals surface area contributed by atoms with Gasteiger partial charge in [0.25, 0.3) is 0 Å². The lowest BCUT2D eigenvalue weighted by atomic mass is 9.90. The number of aliphatic hydroxyl groups is 1. The predicted octanol–water partition coefficient (Wildman–Crippen LogP) is 0.960. The minimum absolute atomic E-state index is 0.429. The fourth-order valence-corrected chi connectivity index (χ4v) is 3.62. The van der Waals surface area contributed by atoms with Gasteiger partial charge in [0, 0.05) is 6.54 Å². The zero-order valence-electron chi connectivity index (χ0n) is 9.90. The molecule has 0 saturated carbocycles. The number of sulfonamides is 1. The zero-order valence-corrected chi connectivity index (χ0v) is 10.7. The fraction of sp³-hybridized carbons (Fsp3) is 1.00. The lowest BCUT2D eigenvalue weighted by Gasteiger charge is -2.45. The molecule has 0 aromatic rings. The molecule has 1 unspecified atom stereocenters. The van der Waals surface area contributed by atoms with Gasteiger partial charge in [-0.3, -0.25) is 0 Å². The SMILES string of the molecule is CC(C)S(=O)(=O)N1CCCC(O)C1(C)C. The average Bonchev–Trinajstić information content (AvgIpc) is 2.09. The van der Waals surface area contributed by atoms with E-state index in [1.165, 1.54) is 4.31 Å². The van der Waals surface area contributed by atoms with Gasteiger partial charge >= 0.3 is 0 Å². The van der Waals surface area contributed by atoms with E-state index in [4.69, 9.17) is 0 Å². The van der Waals surface area contributed by atoms with Gasteiger partial charge in [-0.2, -0.15) is 4.31 Å². The molecule has 1 fully saturated rings. The van der Waals surface area contributed by atoms with E-state index in [9.17, 15) is 13.5 Å². The lowest BCUT2D eigenvalue weighted by molar-refractivity contribution is -0.0000976. The van der Waals surface area contributed by atoms with Gasteiger partial charge < -0.3 is 5.11 Å². The molecule has 0 aliphatic carbocycles. The third-order valence-corrected chi connectivity index (χ3v) is 5.66. The Balaban J connectivity index is 3.04. The van der Waals surface area contributed by atoms with Gasteiger partial charge in [-0.25, -0.2) is 8.42 Å². The lowest BCUT2D eigenvalue weighted by Crippen LogP contribution is -2.59. The third kappa shape index (κ3) is 2.19. The molecule has 0 aromatic heterocycles. The highest BCUT2D eigenvalue weighted by atomic mass is 32.2. The second-order valence-electron chi connectivity index (χ2n) is 4.98. The van der Waals surface area contributed by atoms with Crippen molar-refractivity contribution in [1.82, 2.24) is 4.31 Å². The molecule has 15 heavy (non-hydrogen) atoms. The Morgan fingerprint density at radius 2 is 1.93 bits per heavy atom. The quantitative estimate of drug-likeness (QED) is 0.775. The second-order valence-corrected chi connectivity index (χ2v) is 7.39. The molecule has 1 heterocycles. The summed E-state index contributed by atoms with van der Waals surface area (Å²) in [7, 11) is -3.27. The van der Waals surface area contributed by atoms with Crippen LogP contribution in [-0.2, 0) is 10.0 Å². The van der Waals surface area contributed by atoms with Crippen molar-refractivity contribution in [1.29, 1.82) is 0 Å². The molecule has 1 saturated heterocycles. The maximum Gasteiger partial charge on any atom is 0.217 e. The molecule has 90 valence electrons. The van der Waals surface area contributed by atoms with Crippen molar-refractivity contribution in [2.45, 2.75) is 57.4 Å². The van der Waals surface area contributed by atoms with E-state index in [2.05, 4.69) is 0 Å². The van der Waals surface area contributed by atoms with E-state index < -0.39 is 26.9 Å². The molecule has 0 spiro atoms. The molecular weight excluding hydrogens is 214 g/mol. The van der Waals surface area contributed by atoms with Crippen LogP contribution in [0, 0.1) is 0 Å². The summed E-state index contributed by atoms with van der Waals surface area (Å²) in [6, 6.07) is 0. The van der Waals surface area contributed by atoms with Gasteiger partial charge in [0.15, 0.2) is 0 Å². The van der Waals surface area contributed by atoms with Crippen LogP contribution >= 0.6 is 0 Å². The monoisotopic (exact) mass is 235 g/mol. The largest absolute Gasteiger partial charge is 0.391 e. The van der Waals surface area contributed by atoms with Gasteiger partial charge in [0.2, 0.25) is 10.0 Å². The van der Waals surface area contributed by atoms with Crippen molar-refractivity contribution in [3.8, 4) is 0 Å². The van der Waals surface area contributed by atoms with Crippen LogP contribution in [0.1, 0.15) is 40.5 Å². The fourth-order valence-electron chi connectivity index (χ4n) is 1.95. The van der Waals surface area contributed by atoms with Crippen LogP contribution in [0.4, 0.5) is 0 Å². The van der Waals surface area contributed by atoms with Crippen LogP contribution in [0.2, 0.25) is 0 Å². The van der Waals surface area contributed by atoms with Crippen LogP contribution in [0.25, 0.3) is 0 Å². The molecule has 5 heteroatoms. The summed E-state index contributed by atoms with van der Waals surface area (Å²) >= 11 is 0. The Morgan fingerprint density at radius 1 is 1.40 bits per heavy atom. The Labute approximate surface area is 92.3 Å². The second kappa shape index (κ2) is 4.03. The summed E-state index contributed by atoms with van der Waals surface area (Å²) in [5.41, 5.74) is -0.679. The Hall–Kier alpha value is -0.130. The van der Waals surface area contributed by atoms with Gasteiger partial charge in [-0.1, -0.05) is 0 Å². The van der Waals surface area contributed by atoms with Gasteiger partial charge in [0.1, 0.15) is 0 Å². The maximum absolute atomic E-state index is 12.1. The van der Waals surface area contributed by atoms with Gasteiger partial charge in [-0.15, -0.1) is 0 Å². The molecule has 1 N–H and O–H groups in total. The topological polar surface area (TPSA) is 57.6 Å². The Morgan fingerprint density at radius 3 is 2.40 bits per heavy atom. The third-order valence-electron chi connectivity index (χ3n) is 3.20. The van der Waals surface area contributed by atoms with E-state index in [-0.39, 0.29) is 0 Å². The van der Waals surface area contributed by atoms with Crippen LogP contribution < -0.4 is 0 Å². The molecule has 4 nitrogen and oxygen atoms in total. The van der Waals surface area contributed by atoms with Crippen molar-refractivity contribution in [2.24, 2.45) is 0 Å². The van der Waals surface area contributed by atoms with E-state index in [1.54, 1.807) is 27.7 Å². The first kappa shape index (κ1) is 12.9. The maximum atomic E-state index is 12.1. The summed E-state index contributed by atoms with van der Waals surface area (Å²) in [5, 5.41) is 9.42. The van der Waals surface area contributed by atoms with Crippen molar-refractivity contribution in [2.75, 3.05) is 6.54 Å². The van der Waals surface area contributed by atoms with E-state index in [0.717, 1.165) is 6.42 Å². The molecule has 1 atom stereocenters. The van der Waals surface area contributed by atoms with Crippen LogP contribution in [0.15, 0.2) is 0 Å².